The molecule has 0 saturated carbocycles. The Labute approximate surface area is 121 Å². The lowest BCUT2D eigenvalue weighted by Crippen LogP contribution is -2.19. The van der Waals surface area contributed by atoms with Crippen molar-refractivity contribution in [1.82, 2.24) is 0 Å². The minimum atomic E-state index is -0.0292. The standard InChI is InChI=1S/C17H23NO2/c1-13-8-9-15(11-14(13)7-5-6-10-19)18-16(20)12-17(2,3)4/h8-9,11,19H,6,10,12H2,1-4H3,(H,18,20). The number of aryl methyl sites for hydroxylation is 1. The largest absolute Gasteiger partial charge is 0.395 e. The first-order chi connectivity index (χ1) is 9.31. The van der Waals surface area contributed by atoms with Crippen molar-refractivity contribution in [2.75, 3.05) is 11.9 Å². The van der Waals surface area contributed by atoms with Crippen LogP contribution in [0.4, 0.5) is 5.69 Å². The van der Waals surface area contributed by atoms with Crippen molar-refractivity contribution in [1.29, 1.82) is 0 Å². The fourth-order valence-corrected chi connectivity index (χ4v) is 1.73. The SMILES string of the molecule is Cc1ccc(NC(=O)CC(C)(C)C)cc1C#CCCO. The van der Waals surface area contributed by atoms with Crippen molar-refractivity contribution in [2.24, 2.45) is 5.41 Å². The lowest BCUT2D eigenvalue weighted by molar-refractivity contribution is -0.117. The van der Waals surface area contributed by atoms with E-state index in [1.165, 1.54) is 0 Å². The summed E-state index contributed by atoms with van der Waals surface area (Å²) in [5, 5.41) is 11.6. The summed E-state index contributed by atoms with van der Waals surface area (Å²) in [6, 6.07) is 5.70. The number of carbonyl (C=O) groups excluding carboxylic acids is 1. The molecule has 0 saturated heterocycles. The van der Waals surface area contributed by atoms with E-state index in [9.17, 15) is 4.79 Å². The third kappa shape index (κ3) is 5.90. The monoisotopic (exact) mass is 273 g/mol. The first-order valence-corrected chi connectivity index (χ1v) is 6.82. The van der Waals surface area contributed by atoms with Crippen LogP contribution in [0.3, 0.4) is 0 Å². The number of hydrogen-bond donors (Lipinski definition) is 2. The molecule has 0 atom stereocenters. The minimum absolute atomic E-state index is 0.00983. The van der Waals surface area contributed by atoms with Crippen LogP contribution < -0.4 is 5.32 Å². The molecule has 0 aliphatic rings. The van der Waals surface area contributed by atoms with E-state index in [-0.39, 0.29) is 17.9 Å². The second kappa shape index (κ2) is 7.12. The van der Waals surface area contributed by atoms with E-state index < -0.39 is 0 Å². The summed E-state index contributed by atoms with van der Waals surface area (Å²) in [5.74, 6) is 5.92. The van der Waals surface area contributed by atoms with Gasteiger partial charge in [0.05, 0.1) is 6.61 Å². The van der Waals surface area contributed by atoms with E-state index >= 15 is 0 Å². The van der Waals surface area contributed by atoms with Gasteiger partial charge < -0.3 is 10.4 Å². The summed E-state index contributed by atoms with van der Waals surface area (Å²) < 4.78 is 0. The van der Waals surface area contributed by atoms with E-state index in [1.54, 1.807) is 0 Å². The van der Waals surface area contributed by atoms with Gasteiger partial charge in [-0.25, -0.2) is 0 Å². The van der Waals surface area contributed by atoms with Crippen molar-refractivity contribution < 1.29 is 9.90 Å². The van der Waals surface area contributed by atoms with Gasteiger partial charge in [-0.3, -0.25) is 4.79 Å². The molecule has 1 rings (SSSR count). The van der Waals surface area contributed by atoms with E-state index in [4.69, 9.17) is 5.11 Å². The Morgan fingerprint density at radius 2 is 2.05 bits per heavy atom. The molecule has 1 amide bonds. The second-order valence-corrected chi connectivity index (χ2v) is 6.09. The van der Waals surface area contributed by atoms with Gasteiger partial charge in [0.1, 0.15) is 0 Å². The lowest BCUT2D eigenvalue weighted by atomic mass is 9.92. The van der Waals surface area contributed by atoms with Crippen molar-refractivity contribution in [3.63, 3.8) is 0 Å². The number of anilines is 1. The molecule has 0 fully saturated rings. The number of aliphatic hydroxyl groups is 1. The van der Waals surface area contributed by atoms with Crippen molar-refractivity contribution in [2.45, 2.75) is 40.5 Å². The highest BCUT2D eigenvalue weighted by Gasteiger charge is 2.16. The number of hydrogen-bond acceptors (Lipinski definition) is 2. The third-order valence-corrected chi connectivity index (χ3v) is 2.67. The summed E-state index contributed by atoms with van der Waals surface area (Å²) >= 11 is 0. The first-order valence-electron chi connectivity index (χ1n) is 6.82. The Morgan fingerprint density at radius 1 is 1.35 bits per heavy atom. The molecule has 3 nitrogen and oxygen atoms in total. The van der Waals surface area contributed by atoms with E-state index in [0.717, 1.165) is 16.8 Å². The molecule has 0 heterocycles. The molecule has 20 heavy (non-hydrogen) atoms. The third-order valence-electron chi connectivity index (χ3n) is 2.67. The molecule has 0 aliphatic carbocycles. The zero-order chi connectivity index (χ0) is 15.2. The second-order valence-electron chi connectivity index (χ2n) is 6.09. The molecule has 1 aromatic rings. The van der Waals surface area contributed by atoms with Gasteiger partial charge in [0.15, 0.2) is 0 Å². The molecule has 3 heteroatoms. The zero-order valence-corrected chi connectivity index (χ0v) is 12.7. The Morgan fingerprint density at radius 3 is 2.65 bits per heavy atom. The Bertz CT molecular complexity index is 530. The molecule has 0 aromatic heterocycles. The van der Waals surface area contributed by atoms with Gasteiger partial charge in [0, 0.05) is 24.1 Å². The fourth-order valence-electron chi connectivity index (χ4n) is 1.73. The Kier molecular flexibility index (Phi) is 5.79. The number of rotatable bonds is 3. The van der Waals surface area contributed by atoms with Crippen LogP contribution >= 0.6 is 0 Å². The summed E-state index contributed by atoms with van der Waals surface area (Å²) in [6.45, 7) is 8.15. The van der Waals surface area contributed by atoms with Gasteiger partial charge in [-0.15, -0.1) is 0 Å². The van der Waals surface area contributed by atoms with Gasteiger partial charge >= 0.3 is 0 Å². The molecule has 0 unspecified atom stereocenters. The maximum atomic E-state index is 11.9. The molecule has 108 valence electrons. The highest BCUT2D eigenvalue weighted by molar-refractivity contribution is 5.91. The maximum absolute atomic E-state index is 11.9. The predicted molar refractivity (Wildman–Crippen MR) is 82.5 cm³/mol. The minimum Gasteiger partial charge on any atom is -0.395 e. The van der Waals surface area contributed by atoms with Gasteiger partial charge in [0.25, 0.3) is 0 Å². The van der Waals surface area contributed by atoms with Crippen LogP contribution in [0.2, 0.25) is 0 Å². The van der Waals surface area contributed by atoms with Crippen molar-refractivity contribution in [3.05, 3.63) is 29.3 Å². The number of aliphatic hydroxyl groups excluding tert-OH is 1. The summed E-state index contributed by atoms with van der Waals surface area (Å²) in [5.41, 5.74) is 2.67. The summed E-state index contributed by atoms with van der Waals surface area (Å²) in [6.07, 6.45) is 0.937. The van der Waals surface area contributed by atoms with Gasteiger partial charge in [-0.05, 0) is 30.0 Å². The van der Waals surface area contributed by atoms with Crippen LogP contribution in [0.15, 0.2) is 18.2 Å². The van der Waals surface area contributed by atoms with E-state index in [2.05, 4.69) is 17.2 Å². The number of amides is 1. The quantitative estimate of drug-likeness (QED) is 0.831. The van der Waals surface area contributed by atoms with E-state index in [1.807, 2.05) is 45.9 Å². The number of nitrogens with one attached hydrogen (secondary N) is 1. The molecule has 0 aliphatic heterocycles. The molecule has 2 N–H and O–H groups in total. The van der Waals surface area contributed by atoms with Crippen molar-refractivity contribution in [3.8, 4) is 11.8 Å². The Balaban J connectivity index is 2.80. The molecular weight excluding hydrogens is 250 g/mol. The van der Waals surface area contributed by atoms with Crippen molar-refractivity contribution >= 4 is 11.6 Å². The van der Waals surface area contributed by atoms with Gasteiger partial charge in [-0.1, -0.05) is 38.7 Å². The van der Waals surface area contributed by atoms with Gasteiger partial charge in [-0.2, -0.15) is 0 Å². The summed E-state index contributed by atoms with van der Waals surface area (Å²) in [7, 11) is 0. The fraction of sp³-hybridized carbons (Fsp3) is 0.471. The number of carbonyl (C=O) groups is 1. The molecule has 0 bridgehead atoms. The summed E-state index contributed by atoms with van der Waals surface area (Å²) in [4.78, 5) is 11.9. The molecule has 1 aromatic carbocycles. The molecule has 0 radical (unpaired) electrons. The van der Waals surface area contributed by atoms with E-state index in [0.29, 0.717) is 12.8 Å². The zero-order valence-electron chi connectivity index (χ0n) is 12.7. The van der Waals surface area contributed by atoms with Crippen LogP contribution in [-0.2, 0) is 4.79 Å². The van der Waals surface area contributed by atoms with Gasteiger partial charge in [0.2, 0.25) is 5.91 Å². The average Bonchev–Trinajstić information content (AvgIpc) is 2.31. The molecular formula is C17H23NO2. The lowest BCUT2D eigenvalue weighted by Gasteiger charge is -2.17. The van der Waals surface area contributed by atoms with Crippen LogP contribution in [0.5, 0.6) is 0 Å². The highest BCUT2D eigenvalue weighted by atomic mass is 16.2. The normalized spacial score (nSPS) is 10.7. The van der Waals surface area contributed by atoms with Crippen LogP contribution in [0, 0.1) is 24.2 Å². The Hall–Kier alpha value is -1.79. The first kappa shape index (κ1) is 16.3. The van der Waals surface area contributed by atoms with Crippen LogP contribution in [-0.4, -0.2) is 17.6 Å². The van der Waals surface area contributed by atoms with Crippen LogP contribution in [0.1, 0.15) is 44.7 Å². The predicted octanol–water partition coefficient (Wildman–Crippen LogP) is 3.10. The highest BCUT2D eigenvalue weighted by Crippen LogP contribution is 2.20. The number of benzene rings is 1. The molecule has 0 spiro atoms. The smallest absolute Gasteiger partial charge is 0.224 e. The van der Waals surface area contributed by atoms with Crippen LogP contribution in [0.25, 0.3) is 0 Å². The average molecular weight is 273 g/mol. The topological polar surface area (TPSA) is 49.3 Å². The maximum Gasteiger partial charge on any atom is 0.224 e.